The van der Waals surface area contributed by atoms with Gasteiger partial charge in [0.05, 0.1) is 6.04 Å². The zero-order valence-electron chi connectivity index (χ0n) is 16.0. The maximum Gasteiger partial charge on any atom is 0.309 e. The van der Waals surface area contributed by atoms with Crippen molar-refractivity contribution >= 4 is 22.0 Å². The van der Waals surface area contributed by atoms with Crippen molar-refractivity contribution in [2.75, 3.05) is 33.7 Å². The summed E-state index contributed by atoms with van der Waals surface area (Å²) < 4.78 is 26.8. The lowest BCUT2D eigenvalue weighted by atomic mass is 9.98. The molecule has 1 aliphatic heterocycles. The van der Waals surface area contributed by atoms with Crippen LogP contribution in [0.15, 0.2) is 30.3 Å². The number of hydrogen-bond acceptors (Lipinski definition) is 4. The lowest BCUT2D eigenvalue weighted by Gasteiger charge is -2.32. The summed E-state index contributed by atoms with van der Waals surface area (Å²) in [5.74, 6) is -1.18. The first-order valence-electron chi connectivity index (χ1n) is 9.03. The van der Waals surface area contributed by atoms with Crippen molar-refractivity contribution in [2.45, 2.75) is 25.8 Å². The molecule has 1 aromatic carbocycles. The molecule has 1 heterocycles. The van der Waals surface area contributed by atoms with E-state index in [1.54, 1.807) is 0 Å². The molecule has 150 valence electrons. The number of benzene rings is 1. The van der Waals surface area contributed by atoms with Crippen molar-refractivity contribution in [1.29, 1.82) is 0 Å². The van der Waals surface area contributed by atoms with E-state index in [2.05, 4.69) is 10.6 Å². The SMILES string of the molecule is C[C@@H](NC(=O)C(=O)NCC1CCN(S(=O)(=O)N(C)C)CC1)c1ccccc1. The van der Waals surface area contributed by atoms with Gasteiger partial charge in [-0.3, -0.25) is 9.59 Å². The standard InChI is InChI=1S/C18H28N4O4S/c1-14(16-7-5-4-6-8-16)20-18(24)17(23)19-13-15-9-11-22(12-10-15)27(25,26)21(2)3/h4-8,14-15H,9-13H2,1-3H3,(H,19,23)(H,20,24)/t14-/m1/s1. The predicted molar refractivity (Wildman–Crippen MR) is 103 cm³/mol. The van der Waals surface area contributed by atoms with Gasteiger partial charge in [-0.1, -0.05) is 30.3 Å². The molecular weight excluding hydrogens is 368 g/mol. The van der Waals surface area contributed by atoms with Crippen molar-refractivity contribution in [3.05, 3.63) is 35.9 Å². The molecule has 1 saturated heterocycles. The Bertz CT molecular complexity index is 744. The molecule has 1 atom stereocenters. The Hall–Kier alpha value is -1.97. The molecule has 8 nitrogen and oxygen atoms in total. The predicted octanol–water partition coefficient (Wildman–Crippen LogP) is 0.498. The van der Waals surface area contributed by atoms with E-state index < -0.39 is 22.0 Å². The molecule has 2 amide bonds. The summed E-state index contributed by atoms with van der Waals surface area (Å²) >= 11 is 0. The second kappa shape index (κ2) is 9.29. The number of amides is 2. The topological polar surface area (TPSA) is 98.8 Å². The summed E-state index contributed by atoms with van der Waals surface area (Å²) in [5, 5.41) is 5.34. The molecule has 2 N–H and O–H groups in total. The summed E-state index contributed by atoms with van der Waals surface area (Å²) in [7, 11) is -0.372. The Kier molecular flexibility index (Phi) is 7.34. The number of piperidine rings is 1. The Morgan fingerprint density at radius 1 is 1.15 bits per heavy atom. The maximum absolute atomic E-state index is 12.1. The van der Waals surface area contributed by atoms with Gasteiger partial charge in [-0.25, -0.2) is 0 Å². The molecule has 0 radical (unpaired) electrons. The summed E-state index contributed by atoms with van der Waals surface area (Å²) in [4.78, 5) is 24.1. The van der Waals surface area contributed by atoms with Gasteiger partial charge >= 0.3 is 11.8 Å². The van der Waals surface area contributed by atoms with Crippen LogP contribution in [-0.4, -0.2) is 62.6 Å². The fraction of sp³-hybridized carbons (Fsp3) is 0.556. The van der Waals surface area contributed by atoms with E-state index in [4.69, 9.17) is 0 Å². The van der Waals surface area contributed by atoms with Crippen LogP contribution >= 0.6 is 0 Å². The van der Waals surface area contributed by atoms with Crippen molar-refractivity contribution in [3.8, 4) is 0 Å². The smallest absolute Gasteiger partial charge is 0.309 e. The van der Waals surface area contributed by atoms with Crippen LogP contribution in [0.4, 0.5) is 0 Å². The van der Waals surface area contributed by atoms with E-state index in [1.165, 1.54) is 22.7 Å². The van der Waals surface area contributed by atoms with Crippen molar-refractivity contribution in [2.24, 2.45) is 5.92 Å². The normalized spacial score (nSPS) is 17.5. The first kappa shape index (κ1) is 21.3. The van der Waals surface area contributed by atoms with E-state index in [0.717, 1.165) is 5.56 Å². The fourth-order valence-electron chi connectivity index (χ4n) is 2.98. The highest BCUT2D eigenvalue weighted by Crippen LogP contribution is 2.20. The van der Waals surface area contributed by atoms with E-state index in [9.17, 15) is 18.0 Å². The van der Waals surface area contributed by atoms with Gasteiger partial charge in [-0.15, -0.1) is 0 Å². The van der Waals surface area contributed by atoms with Crippen LogP contribution in [0.2, 0.25) is 0 Å². The van der Waals surface area contributed by atoms with Crippen LogP contribution in [0.25, 0.3) is 0 Å². The Balaban J connectivity index is 1.75. The molecule has 0 aliphatic carbocycles. The number of nitrogens with zero attached hydrogens (tertiary/aromatic N) is 2. The molecule has 9 heteroatoms. The average Bonchev–Trinajstić information content (AvgIpc) is 2.66. The summed E-state index contributed by atoms with van der Waals surface area (Å²) in [5.41, 5.74) is 0.924. The minimum Gasteiger partial charge on any atom is -0.348 e. The molecular formula is C18H28N4O4S. The zero-order valence-corrected chi connectivity index (χ0v) is 16.8. The minimum atomic E-state index is -3.39. The Morgan fingerprint density at radius 3 is 2.30 bits per heavy atom. The molecule has 0 saturated carbocycles. The first-order valence-corrected chi connectivity index (χ1v) is 10.4. The van der Waals surface area contributed by atoms with E-state index >= 15 is 0 Å². The highest BCUT2D eigenvalue weighted by molar-refractivity contribution is 7.86. The summed E-state index contributed by atoms with van der Waals surface area (Å²) in [6.45, 7) is 3.01. The lowest BCUT2D eigenvalue weighted by Crippen LogP contribution is -2.47. The molecule has 0 bridgehead atoms. The number of hydrogen-bond donors (Lipinski definition) is 2. The van der Waals surface area contributed by atoms with Crippen molar-refractivity contribution in [3.63, 3.8) is 0 Å². The summed E-state index contributed by atoms with van der Waals surface area (Å²) in [6, 6.07) is 9.15. The second-order valence-electron chi connectivity index (χ2n) is 6.95. The van der Waals surface area contributed by atoms with Gasteiger partial charge in [0.2, 0.25) is 0 Å². The highest BCUT2D eigenvalue weighted by atomic mass is 32.2. The van der Waals surface area contributed by atoms with Gasteiger partial charge in [0, 0.05) is 33.7 Å². The molecule has 1 aromatic rings. The molecule has 1 aliphatic rings. The van der Waals surface area contributed by atoms with Crippen LogP contribution in [0.3, 0.4) is 0 Å². The van der Waals surface area contributed by atoms with Gasteiger partial charge in [-0.2, -0.15) is 17.0 Å². The largest absolute Gasteiger partial charge is 0.348 e. The highest BCUT2D eigenvalue weighted by Gasteiger charge is 2.29. The van der Waals surface area contributed by atoms with Gasteiger partial charge in [0.1, 0.15) is 0 Å². The molecule has 27 heavy (non-hydrogen) atoms. The van der Waals surface area contributed by atoms with Gasteiger partial charge < -0.3 is 10.6 Å². The zero-order chi connectivity index (χ0) is 20.0. The third-order valence-electron chi connectivity index (χ3n) is 4.77. The Morgan fingerprint density at radius 2 is 1.74 bits per heavy atom. The number of nitrogens with one attached hydrogen (secondary N) is 2. The molecule has 1 fully saturated rings. The second-order valence-corrected chi connectivity index (χ2v) is 9.09. The van der Waals surface area contributed by atoms with Crippen LogP contribution in [0, 0.1) is 5.92 Å². The number of carbonyl (C=O) groups excluding carboxylic acids is 2. The van der Waals surface area contributed by atoms with E-state index in [-0.39, 0.29) is 12.0 Å². The molecule has 0 aromatic heterocycles. The number of carbonyl (C=O) groups is 2. The van der Waals surface area contributed by atoms with Crippen molar-refractivity contribution < 1.29 is 18.0 Å². The van der Waals surface area contributed by atoms with Crippen LogP contribution in [0.1, 0.15) is 31.4 Å². The fourth-order valence-corrected chi connectivity index (χ4v) is 4.11. The van der Waals surface area contributed by atoms with Gasteiger partial charge in [0.15, 0.2) is 0 Å². The van der Waals surface area contributed by atoms with E-state index in [1.807, 2.05) is 37.3 Å². The third-order valence-corrected chi connectivity index (χ3v) is 6.71. The lowest BCUT2D eigenvalue weighted by molar-refractivity contribution is -0.139. The first-order chi connectivity index (χ1) is 12.7. The van der Waals surface area contributed by atoms with Crippen molar-refractivity contribution in [1.82, 2.24) is 19.2 Å². The number of rotatable bonds is 6. The molecule has 2 rings (SSSR count). The monoisotopic (exact) mass is 396 g/mol. The van der Waals surface area contributed by atoms with Crippen LogP contribution < -0.4 is 10.6 Å². The van der Waals surface area contributed by atoms with Gasteiger partial charge in [-0.05, 0) is 31.2 Å². The van der Waals surface area contributed by atoms with Crippen LogP contribution in [-0.2, 0) is 19.8 Å². The maximum atomic E-state index is 12.1. The summed E-state index contributed by atoms with van der Waals surface area (Å²) in [6.07, 6.45) is 1.30. The molecule has 0 unspecified atom stereocenters. The Labute approximate surface area is 161 Å². The van der Waals surface area contributed by atoms with Crippen LogP contribution in [0.5, 0.6) is 0 Å². The molecule has 0 spiro atoms. The average molecular weight is 397 g/mol. The van der Waals surface area contributed by atoms with E-state index in [0.29, 0.717) is 32.5 Å². The quantitative estimate of drug-likeness (QED) is 0.684. The van der Waals surface area contributed by atoms with Gasteiger partial charge in [0.25, 0.3) is 10.2 Å². The third kappa shape index (κ3) is 5.75. The minimum absolute atomic E-state index is 0.155.